The first-order chi connectivity index (χ1) is 13.2. The van der Waals surface area contributed by atoms with E-state index in [9.17, 15) is 0 Å². The van der Waals surface area contributed by atoms with Crippen LogP contribution in [0.15, 0.2) is 84.9 Å². The van der Waals surface area contributed by atoms with Gasteiger partial charge in [0.1, 0.15) is 0 Å². The van der Waals surface area contributed by atoms with Crippen molar-refractivity contribution in [2.45, 2.75) is 12.3 Å². The zero-order chi connectivity index (χ0) is 18.2. The number of benzene rings is 4. The normalized spacial score (nSPS) is 18.1. The molecule has 0 bridgehead atoms. The van der Waals surface area contributed by atoms with E-state index in [0.29, 0.717) is 0 Å². The molecule has 1 spiro atoms. The van der Waals surface area contributed by atoms with Gasteiger partial charge in [-0.05, 0) is 63.6 Å². The van der Waals surface area contributed by atoms with E-state index in [0.717, 1.165) is 5.69 Å². The highest BCUT2D eigenvalue weighted by molar-refractivity contribution is 5.95. The summed E-state index contributed by atoms with van der Waals surface area (Å²) in [5, 5.41) is 0. The van der Waals surface area contributed by atoms with Gasteiger partial charge in [-0.3, -0.25) is 0 Å². The molecule has 6 rings (SSSR count). The minimum absolute atomic E-state index is 0.279. The van der Waals surface area contributed by atoms with Crippen molar-refractivity contribution in [1.82, 2.24) is 0 Å². The van der Waals surface area contributed by atoms with Crippen molar-refractivity contribution in [3.8, 4) is 22.3 Å². The average molecular weight is 345 g/mol. The number of hydrogen-bond acceptors (Lipinski definition) is 1. The van der Waals surface area contributed by atoms with Gasteiger partial charge in [-0.25, -0.2) is 0 Å². The van der Waals surface area contributed by atoms with Crippen molar-refractivity contribution >= 4 is 5.69 Å². The number of nitrogen functional groups attached to an aromatic ring is 1. The number of nitrogens with two attached hydrogens (primary N) is 1. The lowest BCUT2D eigenvalue weighted by Gasteiger charge is -2.30. The molecule has 1 unspecified atom stereocenters. The van der Waals surface area contributed by atoms with Crippen LogP contribution in [0.4, 0.5) is 5.69 Å². The Hall–Kier alpha value is -3.32. The predicted octanol–water partition coefficient (Wildman–Crippen LogP) is 5.92. The van der Waals surface area contributed by atoms with Crippen LogP contribution < -0.4 is 5.73 Å². The molecule has 2 N–H and O–H groups in total. The molecule has 0 saturated heterocycles. The fraction of sp³-hybridized carbons (Fsp3) is 0.0769. The molecule has 2 aliphatic rings. The molecule has 0 heterocycles. The molecule has 128 valence electrons. The van der Waals surface area contributed by atoms with E-state index in [-0.39, 0.29) is 5.41 Å². The summed E-state index contributed by atoms with van der Waals surface area (Å²) in [6.45, 7) is 2.18. The van der Waals surface area contributed by atoms with Gasteiger partial charge in [0.2, 0.25) is 0 Å². The van der Waals surface area contributed by atoms with Crippen molar-refractivity contribution in [2.75, 3.05) is 5.73 Å². The summed E-state index contributed by atoms with van der Waals surface area (Å²) >= 11 is 0. The molecule has 0 amide bonds. The first-order valence-corrected chi connectivity index (χ1v) is 9.42. The summed E-state index contributed by atoms with van der Waals surface area (Å²) in [4.78, 5) is 0. The van der Waals surface area contributed by atoms with E-state index in [1.807, 2.05) is 6.07 Å². The topological polar surface area (TPSA) is 26.0 Å². The third-order valence-electron chi connectivity index (χ3n) is 6.27. The summed E-state index contributed by atoms with van der Waals surface area (Å²) in [6, 6.07) is 30.9. The molecular weight excluding hydrogens is 326 g/mol. The van der Waals surface area contributed by atoms with Crippen LogP contribution in [-0.2, 0) is 5.41 Å². The minimum Gasteiger partial charge on any atom is -0.399 e. The predicted molar refractivity (Wildman–Crippen MR) is 112 cm³/mol. The maximum absolute atomic E-state index is 6.29. The summed E-state index contributed by atoms with van der Waals surface area (Å²) in [7, 11) is 0. The Morgan fingerprint density at radius 2 is 1.07 bits per heavy atom. The molecule has 1 nitrogen and oxygen atoms in total. The quantitative estimate of drug-likeness (QED) is 0.340. The summed E-state index contributed by atoms with van der Waals surface area (Å²) in [5.74, 6) is 0. The van der Waals surface area contributed by atoms with Gasteiger partial charge in [-0.15, -0.1) is 0 Å². The lowest BCUT2D eigenvalue weighted by atomic mass is 9.70. The zero-order valence-electron chi connectivity index (χ0n) is 15.2. The highest BCUT2D eigenvalue weighted by atomic mass is 14.6. The van der Waals surface area contributed by atoms with E-state index >= 15 is 0 Å². The Labute approximate surface area is 159 Å². The van der Waals surface area contributed by atoms with Gasteiger partial charge in [-0.2, -0.15) is 0 Å². The Balaban J connectivity index is 1.88. The van der Waals surface area contributed by atoms with Crippen LogP contribution in [-0.4, -0.2) is 0 Å². The molecule has 1 atom stereocenters. The fourth-order valence-corrected chi connectivity index (χ4v) is 5.27. The number of aryl methyl sites for hydroxylation is 1. The van der Waals surface area contributed by atoms with Gasteiger partial charge < -0.3 is 5.73 Å². The van der Waals surface area contributed by atoms with E-state index in [1.165, 1.54) is 50.1 Å². The van der Waals surface area contributed by atoms with Crippen LogP contribution in [0.5, 0.6) is 0 Å². The molecule has 0 aliphatic heterocycles. The molecule has 2 aliphatic carbocycles. The number of hydrogen-bond donors (Lipinski definition) is 1. The second-order valence-electron chi connectivity index (χ2n) is 7.70. The van der Waals surface area contributed by atoms with E-state index in [4.69, 9.17) is 5.73 Å². The first kappa shape index (κ1) is 14.8. The molecule has 27 heavy (non-hydrogen) atoms. The maximum Gasteiger partial charge on any atom is 0.0726 e. The molecular formula is C26H19N. The highest BCUT2D eigenvalue weighted by Gasteiger charge is 2.51. The van der Waals surface area contributed by atoms with Crippen molar-refractivity contribution in [3.05, 3.63) is 113 Å². The van der Waals surface area contributed by atoms with Crippen molar-refractivity contribution in [3.63, 3.8) is 0 Å². The molecule has 1 heteroatoms. The van der Waals surface area contributed by atoms with Crippen molar-refractivity contribution < 1.29 is 0 Å². The standard InChI is InChI=1S/C26H19N/c1-16-10-12-20-18-6-2-4-8-22(18)26(24(20)14-16)23-9-5-3-7-19(23)21-13-11-17(27)15-25(21)26/h2-15H,27H2,1H3. The summed E-state index contributed by atoms with van der Waals surface area (Å²) in [5.41, 5.74) is 18.8. The van der Waals surface area contributed by atoms with Gasteiger partial charge in [0.05, 0.1) is 5.41 Å². The molecule has 0 aromatic heterocycles. The lowest BCUT2D eigenvalue weighted by molar-refractivity contribution is 0.793. The Morgan fingerprint density at radius 3 is 1.74 bits per heavy atom. The van der Waals surface area contributed by atoms with E-state index < -0.39 is 0 Å². The minimum atomic E-state index is -0.279. The van der Waals surface area contributed by atoms with Crippen LogP contribution in [0.25, 0.3) is 22.3 Å². The Morgan fingerprint density at radius 1 is 0.556 bits per heavy atom. The van der Waals surface area contributed by atoms with Gasteiger partial charge in [0, 0.05) is 5.69 Å². The highest BCUT2D eigenvalue weighted by Crippen LogP contribution is 2.62. The third-order valence-corrected chi connectivity index (χ3v) is 6.27. The van der Waals surface area contributed by atoms with Crippen LogP contribution in [0, 0.1) is 6.92 Å². The molecule has 0 saturated carbocycles. The van der Waals surface area contributed by atoms with Crippen LogP contribution >= 0.6 is 0 Å². The van der Waals surface area contributed by atoms with Crippen molar-refractivity contribution in [1.29, 1.82) is 0 Å². The Bertz CT molecular complexity index is 1150. The number of anilines is 1. The smallest absolute Gasteiger partial charge is 0.0726 e. The second-order valence-corrected chi connectivity index (χ2v) is 7.70. The third kappa shape index (κ3) is 1.65. The van der Waals surface area contributed by atoms with Gasteiger partial charge in [-0.1, -0.05) is 78.4 Å². The van der Waals surface area contributed by atoms with Gasteiger partial charge in [0.25, 0.3) is 0 Å². The van der Waals surface area contributed by atoms with Crippen molar-refractivity contribution in [2.24, 2.45) is 0 Å². The maximum atomic E-state index is 6.29. The summed E-state index contributed by atoms with van der Waals surface area (Å²) < 4.78 is 0. The van der Waals surface area contributed by atoms with Gasteiger partial charge >= 0.3 is 0 Å². The zero-order valence-corrected chi connectivity index (χ0v) is 15.2. The number of fused-ring (bicyclic) bond motifs is 10. The number of rotatable bonds is 0. The lowest BCUT2D eigenvalue weighted by Crippen LogP contribution is -2.26. The Kier molecular flexibility index (Phi) is 2.68. The SMILES string of the molecule is Cc1ccc2c(c1)C1(c3ccccc3-2)c2ccccc2-c2ccc(N)cc21. The first-order valence-electron chi connectivity index (χ1n) is 9.42. The van der Waals surface area contributed by atoms with Crippen LogP contribution in [0.3, 0.4) is 0 Å². The largest absolute Gasteiger partial charge is 0.399 e. The second kappa shape index (κ2) is 4.89. The fourth-order valence-electron chi connectivity index (χ4n) is 5.27. The molecule has 4 aromatic rings. The molecule has 4 aromatic carbocycles. The van der Waals surface area contributed by atoms with Gasteiger partial charge in [0.15, 0.2) is 0 Å². The van der Waals surface area contributed by atoms with Crippen LogP contribution in [0.1, 0.15) is 27.8 Å². The van der Waals surface area contributed by atoms with E-state index in [2.05, 4.69) is 85.8 Å². The summed E-state index contributed by atoms with van der Waals surface area (Å²) in [6.07, 6.45) is 0. The van der Waals surface area contributed by atoms with E-state index in [1.54, 1.807) is 0 Å². The molecule has 0 fully saturated rings. The molecule has 0 radical (unpaired) electrons. The monoisotopic (exact) mass is 345 g/mol. The average Bonchev–Trinajstić information content (AvgIpc) is 3.14. The van der Waals surface area contributed by atoms with Crippen LogP contribution in [0.2, 0.25) is 0 Å².